The maximum Gasteiger partial charge on any atom is 0.219 e. The Morgan fingerprint density at radius 2 is 1.67 bits per heavy atom. The van der Waals surface area contributed by atoms with E-state index in [9.17, 15) is 0 Å². The second kappa shape index (κ2) is 10.1. The maximum atomic E-state index is 5.86. The summed E-state index contributed by atoms with van der Waals surface area (Å²) in [4.78, 5) is 4.66. The Morgan fingerprint density at radius 1 is 0.933 bits per heavy atom. The van der Waals surface area contributed by atoms with Crippen molar-refractivity contribution in [3.63, 3.8) is 0 Å². The van der Waals surface area contributed by atoms with Crippen LogP contribution in [0, 0.1) is 0 Å². The zero-order chi connectivity index (χ0) is 21.4. The van der Waals surface area contributed by atoms with E-state index in [-0.39, 0.29) is 11.5 Å². The molecule has 0 saturated heterocycles. The SMILES string of the molecule is C=CC(C)(CCCc1cccc(Oc2ccccc2)n1)c1ccc(OC(C)C)cc1. The Bertz CT molecular complexity index is 935. The molecule has 1 unspecified atom stereocenters. The fourth-order valence-electron chi connectivity index (χ4n) is 3.45. The van der Waals surface area contributed by atoms with Crippen molar-refractivity contribution in [2.75, 3.05) is 0 Å². The predicted molar refractivity (Wildman–Crippen MR) is 123 cm³/mol. The van der Waals surface area contributed by atoms with E-state index >= 15 is 0 Å². The lowest BCUT2D eigenvalue weighted by Gasteiger charge is -2.27. The highest BCUT2D eigenvalue weighted by Crippen LogP contribution is 2.32. The Hall–Kier alpha value is -3.07. The molecule has 3 aromatic rings. The molecule has 0 spiro atoms. The van der Waals surface area contributed by atoms with Crippen LogP contribution in [-0.2, 0) is 11.8 Å². The van der Waals surface area contributed by atoms with E-state index in [1.165, 1.54) is 5.56 Å². The Labute approximate surface area is 180 Å². The van der Waals surface area contributed by atoms with Crippen LogP contribution in [0.15, 0.2) is 85.5 Å². The minimum atomic E-state index is -0.0888. The van der Waals surface area contributed by atoms with E-state index < -0.39 is 0 Å². The molecule has 3 rings (SSSR count). The molecule has 0 amide bonds. The number of rotatable bonds is 10. The highest BCUT2D eigenvalue weighted by atomic mass is 16.5. The topological polar surface area (TPSA) is 31.4 Å². The van der Waals surface area contributed by atoms with Crippen molar-refractivity contribution in [3.05, 3.63) is 96.7 Å². The van der Waals surface area contributed by atoms with E-state index in [1.54, 1.807) is 0 Å². The van der Waals surface area contributed by atoms with Gasteiger partial charge in [-0.15, -0.1) is 6.58 Å². The van der Waals surface area contributed by atoms with Crippen molar-refractivity contribution < 1.29 is 9.47 Å². The lowest BCUT2D eigenvalue weighted by molar-refractivity contribution is 0.242. The Morgan fingerprint density at radius 3 is 2.33 bits per heavy atom. The second-order valence-electron chi connectivity index (χ2n) is 8.05. The summed E-state index contributed by atoms with van der Waals surface area (Å²) in [6, 6.07) is 24.1. The zero-order valence-corrected chi connectivity index (χ0v) is 18.2. The van der Waals surface area contributed by atoms with Gasteiger partial charge in [0.2, 0.25) is 5.88 Å². The molecule has 0 aliphatic carbocycles. The first-order valence-corrected chi connectivity index (χ1v) is 10.6. The number of benzene rings is 2. The highest BCUT2D eigenvalue weighted by Gasteiger charge is 2.22. The fraction of sp³-hybridized carbons (Fsp3) is 0.296. The lowest BCUT2D eigenvalue weighted by atomic mass is 9.78. The molecule has 0 radical (unpaired) electrons. The normalized spacial score (nSPS) is 12.9. The van der Waals surface area contributed by atoms with E-state index in [2.05, 4.69) is 36.7 Å². The quantitative estimate of drug-likeness (QED) is 0.339. The molecule has 2 aromatic carbocycles. The third-order valence-corrected chi connectivity index (χ3v) is 5.21. The smallest absolute Gasteiger partial charge is 0.219 e. The molecule has 1 heterocycles. The number of aryl methyl sites for hydroxylation is 1. The van der Waals surface area contributed by atoms with Gasteiger partial charge in [0, 0.05) is 17.2 Å². The number of pyridine rings is 1. The summed E-state index contributed by atoms with van der Waals surface area (Å²) in [5.41, 5.74) is 2.20. The molecule has 3 nitrogen and oxygen atoms in total. The van der Waals surface area contributed by atoms with Gasteiger partial charge in [0.1, 0.15) is 11.5 Å². The molecule has 0 bridgehead atoms. The van der Waals surface area contributed by atoms with Gasteiger partial charge in [-0.2, -0.15) is 0 Å². The first kappa shape index (κ1) is 21.6. The first-order chi connectivity index (χ1) is 14.5. The van der Waals surface area contributed by atoms with Crippen molar-refractivity contribution >= 4 is 0 Å². The van der Waals surface area contributed by atoms with Crippen molar-refractivity contribution in [2.24, 2.45) is 0 Å². The third-order valence-electron chi connectivity index (χ3n) is 5.21. The summed E-state index contributed by atoms with van der Waals surface area (Å²) in [5, 5.41) is 0. The van der Waals surface area contributed by atoms with Crippen molar-refractivity contribution in [2.45, 2.75) is 51.6 Å². The molecule has 156 valence electrons. The van der Waals surface area contributed by atoms with E-state index in [0.717, 1.165) is 36.5 Å². The molecule has 0 fully saturated rings. The average Bonchev–Trinajstić information content (AvgIpc) is 2.75. The van der Waals surface area contributed by atoms with Crippen LogP contribution in [0.1, 0.15) is 44.9 Å². The van der Waals surface area contributed by atoms with Crippen LogP contribution in [-0.4, -0.2) is 11.1 Å². The number of nitrogens with zero attached hydrogens (tertiary/aromatic N) is 1. The van der Waals surface area contributed by atoms with Crippen LogP contribution in [0.2, 0.25) is 0 Å². The van der Waals surface area contributed by atoms with Gasteiger partial charge in [0.15, 0.2) is 0 Å². The standard InChI is InChI=1S/C27H31NO2/c1-5-27(4,22-16-18-25(19-17-22)29-21(2)3)20-10-12-23-11-9-15-26(28-23)30-24-13-7-6-8-14-24/h5-9,11,13-19,21H,1,10,12,20H2,2-4H3. The summed E-state index contributed by atoms with van der Waals surface area (Å²) < 4.78 is 11.6. The van der Waals surface area contributed by atoms with Gasteiger partial charge in [-0.1, -0.05) is 49.4 Å². The van der Waals surface area contributed by atoms with Crippen LogP contribution < -0.4 is 9.47 Å². The van der Waals surface area contributed by atoms with Gasteiger partial charge in [0.05, 0.1) is 6.10 Å². The predicted octanol–water partition coefficient (Wildman–Crippen LogP) is 7.13. The van der Waals surface area contributed by atoms with E-state index in [0.29, 0.717) is 5.88 Å². The number of hydrogen-bond donors (Lipinski definition) is 0. The highest BCUT2D eigenvalue weighted by molar-refractivity contribution is 5.35. The molecular formula is C27H31NO2. The van der Waals surface area contributed by atoms with Crippen LogP contribution in [0.3, 0.4) is 0 Å². The molecule has 0 aliphatic heterocycles. The summed E-state index contributed by atoms with van der Waals surface area (Å²) in [5.74, 6) is 2.33. The first-order valence-electron chi connectivity index (χ1n) is 10.6. The molecule has 0 saturated carbocycles. The lowest BCUT2D eigenvalue weighted by Crippen LogP contribution is -2.19. The van der Waals surface area contributed by atoms with E-state index in [1.807, 2.05) is 74.5 Å². The van der Waals surface area contributed by atoms with Crippen molar-refractivity contribution in [3.8, 4) is 17.4 Å². The van der Waals surface area contributed by atoms with Crippen LogP contribution >= 0.6 is 0 Å². The second-order valence-corrected chi connectivity index (χ2v) is 8.05. The molecule has 1 aromatic heterocycles. The Kier molecular flexibility index (Phi) is 7.29. The van der Waals surface area contributed by atoms with Gasteiger partial charge in [-0.05, 0) is 69.0 Å². The van der Waals surface area contributed by atoms with Crippen LogP contribution in [0.4, 0.5) is 0 Å². The van der Waals surface area contributed by atoms with Gasteiger partial charge in [0.25, 0.3) is 0 Å². The van der Waals surface area contributed by atoms with Crippen molar-refractivity contribution in [1.82, 2.24) is 4.98 Å². The zero-order valence-electron chi connectivity index (χ0n) is 18.2. The third kappa shape index (κ3) is 5.96. The number of aromatic nitrogens is 1. The molecule has 0 aliphatic rings. The van der Waals surface area contributed by atoms with Gasteiger partial charge < -0.3 is 9.47 Å². The van der Waals surface area contributed by atoms with Crippen molar-refractivity contribution in [1.29, 1.82) is 0 Å². The summed E-state index contributed by atoms with van der Waals surface area (Å²) in [7, 11) is 0. The molecule has 0 N–H and O–H groups in total. The molecular weight excluding hydrogens is 370 g/mol. The average molecular weight is 402 g/mol. The Balaban J connectivity index is 1.60. The molecule has 1 atom stereocenters. The fourth-order valence-corrected chi connectivity index (χ4v) is 3.45. The number of ether oxygens (including phenoxy) is 2. The monoisotopic (exact) mass is 401 g/mol. The van der Waals surface area contributed by atoms with Gasteiger partial charge in [-0.3, -0.25) is 0 Å². The number of allylic oxidation sites excluding steroid dienone is 1. The molecule has 30 heavy (non-hydrogen) atoms. The van der Waals surface area contributed by atoms with Crippen LogP contribution in [0.25, 0.3) is 0 Å². The summed E-state index contributed by atoms with van der Waals surface area (Å²) in [6.07, 6.45) is 5.12. The van der Waals surface area contributed by atoms with Gasteiger partial charge >= 0.3 is 0 Å². The minimum Gasteiger partial charge on any atom is -0.491 e. The summed E-state index contributed by atoms with van der Waals surface area (Å²) >= 11 is 0. The number of hydrogen-bond acceptors (Lipinski definition) is 3. The van der Waals surface area contributed by atoms with Crippen LogP contribution in [0.5, 0.6) is 17.4 Å². The minimum absolute atomic E-state index is 0.0888. The van der Waals surface area contributed by atoms with Gasteiger partial charge in [-0.25, -0.2) is 4.98 Å². The molecule has 3 heteroatoms. The number of para-hydroxylation sites is 1. The summed E-state index contributed by atoms with van der Waals surface area (Å²) in [6.45, 7) is 10.4. The van der Waals surface area contributed by atoms with E-state index in [4.69, 9.17) is 9.47 Å². The maximum absolute atomic E-state index is 5.86. The largest absolute Gasteiger partial charge is 0.491 e.